The number of hydrogen-bond acceptors (Lipinski definition) is 7. The van der Waals surface area contributed by atoms with Crippen molar-refractivity contribution in [1.29, 1.82) is 0 Å². The van der Waals surface area contributed by atoms with Crippen LogP contribution in [-0.4, -0.2) is 49.1 Å². The molecule has 0 atom stereocenters. The van der Waals surface area contributed by atoms with Gasteiger partial charge in [-0.15, -0.1) is 0 Å². The number of rotatable bonds is 7. The van der Waals surface area contributed by atoms with Gasteiger partial charge in [0.15, 0.2) is 0 Å². The van der Waals surface area contributed by atoms with E-state index in [1.807, 2.05) is 26.5 Å². The van der Waals surface area contributed by atoms with Crippen molar-refractivity contribution in [3.05, 3.63) is 107 Å². The third-order valence-corrected chi connectivity index (χ3v) is 4.81. The Hall–Kier alpha value is -4.90. The van der Waals surface area contributed by atoms with Gasteiger partial charge in [-0.2, -0.15) is 10.2 Å². The highest BCUT2D eigenvalue weighted by atomic mass is 16.4. The van der Waals surface area contributed by atoms with Gasteiger partial charge in [-0.25, -0.2) is 4.79 Å². The number of carboxylic acids is 1. The predicted molar refractivity (Wildman–Crippen MR) is 136 cm³/mol. The van der Waals surface area contributed by atoms with Crippen LogP contribution in [0.4, 0.5) is 0 Å². The molecular weight excluding hydrogens is 476 g/mol. The fourth-order valence-electron chi connectivity index (χ4n) is 2.84. The Morgan fingerprint density at radius 1 is 0.838 bits per heavy atom. The summed E-state index contributed by atoms with van der Waals surface area (Å²) in [4.78, 5) is 42.7. The van der Waals surface area contributed by atoms with E-state index in [0.717, 1.165) is 17.4 Å². The van der Waals surface area contributed by atoms with Gasteiger partial charge >= 0.3 is 5.97 Å². The van der Waals surface area contributed by atoms with Crippen LogP contribution >= 0.6 is 0 Å². The van der Waals surface area contributed by atoms with Crippen LogP contribution in [0.15, 0.2) is 73.3 Å². The van der Waals surface area contributed by atoms with Crippen LogP contribution in [0.2, 0.25) is 0 Å². The molecule has 4 rings (SSSR count). The number of aldehydes is 2. The van der Waals surface area contributed by atoms with E-state index in [1.54, 1.807) is 46.0 Å². The smallest absolute Gasteiger partial charge is 0.335 e. The summed E-state index contributed by atoms with van der Waals surface area (Å²) in [5.41, 5.74) is 9.08. The summed E-state index contributed by atoms with van der Waals surface area (Å²) < 4.78 is 3.42. The second-order valence-corrected chi connectivity index (χ2v) is 7.72. The highest BCUT2D eigenvalue weighted by Crippen LogP contribution is 2.04. The molecule has 0 saturated carbocycles. The molecule has 11 nitrogen and oxygen atoms in total. The van der Waals surface area contributed by atoms with E-state index in [-0.39, 0.29) is 11.5 Å². The zero-order chi connectivity index (χ0) is 27.2. The largest absolute Gasteiger partial charge is 0.478 e. The number of aromatic nitrogens is 4. The van der Waals surface area contributed by atoms with Crippen LogP contribution < -0.4 is 11.1 Å². The van der Waals surface area contributed by atoms with Crippen LogP contribution in [0.25, 0.3) is 0 Å². The average Bonchev–Trinajstić information content (AvgIpc) is 3.55. The molecule has 0 radical (unpaired) electrons. The van der Waals surface area contributed by atoms with Gasteiger partial charge in [-0.05, 0) is 24.3 Å². The van der Waals surface area contributed by atoms with Crippen molar-refractivity contribution in [2.24, 2.45) is 19.8 Å². The van der Waals surface area contributed by atoms with Crippen LogP contribution in [0, 0.1) is 0 Å². The average molecular weight is 505 g/mol. The number of aryl methyl sites for hydroxylation is 2. The Labute approximate surface area is 213 Å². The van der Waals surface area contributed by atoms with E-state index in [4.69, 9.17) is 10.8 Å². The molecule has 4 aromatic rings. The molecule has 4 N–H and O–H groups in total. The number of carbonyl (C=O) groups excluding carboxylic acids is 3. The monoisotopic (exact) mass is 504 g/mol. The fourth-order valence-corrected chi connectivity index (χ4v) is 2.84. The molecule has 0 unspecified atom stereocenters. The van der Waals surface area contributed by atoms with Crippen molar-refractivity contribution < 1.29 is 24.3 Å². The lowest BCUT2D eigenvalue weighted by Gasteiger charge is -2.03. The predicted octanol–water partition coefficient (Wildman–Crippen LogP) is 2.24. The summed E-state index contributed by atoms with van der Waals surface area (Å²) in [5, 5.41) is 19.2. The maximum Gasteiger partial charge on any atom is 0.335 e. The Bertz CT molecular complexity index is 1310. The van der Waals surface area contributed by atoms with E-state index in [2.05, 4.69) is 15.5 Å². The normalized spacial score (nSPS) is 9.70. The lowest BCUT2D eigenvalue weighted by Crippen LogP contribution is -2.22. The number of nitrogens with two attached hydrogens (primary N) is 1. The summed E-state index contributed by atoms with van der Waals surface area (Å²) >= 11 is 0. The molecule has 37 heavy (non-hydrogen) atoms. The fraction of sp³-hybridized carbons (Fsp3) is 0.154. The summed E-state index contributed by atoms with van der Waals surface area (Å²) in [6, 6.07) is 12.2. The van der Waals surface area contributed by atoms with Gasteiger partial charge in [0.25, 0.3) is 5.91 Å². The van der Waals surface area contributed by atoms with Gasteiger partial charge in [-0.1, -0.05) is 24.3 Å². The Morgan fingerprint density at radius 2 is 1.30 bits per heavy atom. The molecule has 2 aromatic carbocycles. The third-order valence-electron chi connectivity index (χ3n) is 4.81. The Kier molecular flexibility index (Phi) is 11.1. The van der Waals surface area contributed by atoms with Crippen molar-refractivity contribution in [2.75, 3.05) is 0 Å². The molecule has 2 aromatic heterocycles. The third kappa shape index (κ3) is 9.70. The first-order valence-electron chi connectivity index (χ1n) is 11.0. The molecule has 2 heterocycles. The number of nitrogens with one attached hydrogen (secondary N) is 1. The lowest BCUT2D eigenvalue weighted by molar-refractivity contribution is 0.0696. The van der Waals surface area contributed by atoms with Crippen molar-refractivity contribution in [3.8, 4) is 0 Å². The van der Waals surface area contributed by atoms with Gasteiger partial charge < -0.3 is 16.2 Å². The zero-order valence-corrected chi connectivity index (χ0v) is 20.4. The van der Waals surface area contributed by atoms with Crippen molar-refractivity contribution in [2.45, 2.75) is 13.1 Å². The summed E-state index contributed by atoms with van der Waals surface area (Å²) in [5.74, 6) is -1.15. The molecule has 1 amide bonds. The lowest BCUT2D eigenvalue weighted by atomic mass is 10.1. The maximum atomic E-state index is 11.8. The topological polar surface area (TPSA) is 162 Å². The summed E-state index contributed by atoms with van der Waals surface area (Å²) in [6.45, 7) is 1.01. The van der Waals surface area contributed by atoms with Crippen molar-refractivity contribution in [3.63, 3.8) is 0 Å². The molecule has 0 saturated heterocycles. The highest BCUT2D eigenvalue weighted by molar-refractivity contribution is 5.94. The van der Waals surface area contributed by atoms with E-state index in [1.165, 1.54) is 24.3 Å². The second-order valence-electron chi connectivity index (χ2n) is 7.72. The van der Waals surface area contributed by atoms with E-state index in [9.17, 15) is 19.2 Å². The summed E-state index contributed by atoms with van der Waals surface area (Å²) in [7, 11) is 3.70. The first-order valence-corrected chi connectivity index (χ1v) is 11.0. The van der Waals surface area contributed by atoms with Crippen molar-refractivity contribution in [1.82, 2.24) is 24.9 Å². The minimum absolute atomic E-state index is 0.170. The van der Waals surface area contributed by atoms with Crippen LogP contribution in [0.5, 0.6) is 0 Å². The number of amides is 1. The van der Waals surface area contributed by atoms with E-state index >= 15 is 0 Å². The Morgan fingerprint density at radius 3 is 1.65 bits per heavy atom. The second kappa shape index (κ2) is 14.5. The van der Waals surface area contributed by atoms with Crippen LogP contribution in [0.3, 0.4) is 0 Å². The van der Waals surface area contributed by atoms with Gasteiger partial charge in [0.1, 0.15) is 12.6 Å². The number of carbonyl (C=O) groups is 4. The molecule has 11 heteroatoms. The first kappa shape index (κ1) is 28.3. The number of nitrogens with zero attached hydrogens (tertiary/aromatic N) is 4. The van der Waals surface area contributed by atoms with Crippen molar-refractivity contribution >= 4 is 24.4 Å². The first-order chi connectivity index (χ1) is 17.7. The van der Waals surface area contributed by atoms with Crippen LogP contribution in [0.1, 0.15) is 52.6 Å². The molecular formula is C26H28N6O5. The molecule has 0 aliphatic heterocycles. The molecule has 0 fully saturated rings. The van der Waals surface area contributed by atoms with E-state index in [0.29, 0.717) is 36.1 Å². The van der Waals surface area contributed by atoms with Gasteiger partial charge in [0.05, 0.1) is 18.0 Å². The maximum absolute atomic E-state index is 11.8. The number of carboxylic acid groups (broad SMARTS) is 1. The number of hydrogen-bond donors (Lipinski definition) is 3. The SMILES string of the molecule is Cn1cc(CN)cn1.Cn1cc(CNC(=O)c2ccc(C=O)cc2)cn1.O=Cc1ccc(C(=O)O)cc1. The quantitative estimate of drug-likeness (QED) is 0.323. The number of benzene rings is 2. The molecule has 0 bridgehead atoms. The summed E-state index contributed by atoms with van der Waals surface area (Å²) in [6.07, 6.45) is 8.63. The van der Waals surface area contributed by atoms with E-state index < -0.39 is 5.97 Å². The minimum atomic E-state index is -0.984. The molecule has 0 aliphatic carbocycles. The van der Waals surface area contributed by atoms with Gasteiger partial charge in [-0.3, -0.25) is 23.7 Å². The zero-order valence-electron chi connectivity index (χ0n) is 20.4. The molecule has 0 spiro atoms. The standard InChI is InChI=1S/C13H13N3O2.C8H6O3.C5H9N3/c1-16-8-11(7-15-16)6-14-13(18)12-4-2-10(9-17)3-5-12;9-5-6-1-3-7(4-2-6)8(10)11;1-8-4-5(2-6)3-7-8/h2-5,7-9H,6H2,1H3,(H,14,18);1-5H,(H,10,11);3-4H,2,6H2,1H3. The van der Waals surface area contributed by atoms with Crippen LogP contribution in [-0.2, 0) is 27.2 Å². The molecule has 0 aliphatic rings. The van der Waals surface area contributed by atoms with Gasteiger partial charge in [0.2, 0.25) is 0 Å². The van der Waals surface area contributed by atoms with Gasteiger partial charge in [0, 0.05) is 67.4 Å². The number of aromatic carboxylic acids is 1. The highest BCUT2D eigenvalue weighted by Gasteiger charge is 2.05. The minimum Gasteiger partial charge on any atom is -0.478 e. The molecule has 192 valence electrons. The Balaban J connectivity index is 0.000000215.